The smallest absolute Gasteiger partial charge is 0.323 e. The van der Waals surface area contributed by atoms with E-state index in [1.165, 1.54) is 0 Å². The number of benzene rings is 1. The zero-order valence-electron chi connectivity index (χ0n) is 16.4. The average molecular weight is 386 g/mol. The van der Waals surface area contributed by atoms with Gasteiger partial charge in [0.15, 0.2) is 0 Å². The first-order valence-electron chi connectivity index (χ1n) is 9.55. The van der Waals surface area contributed by atoms with Crippen LogP contribution in [0.25, 0.3) is 0 Å². The number of urea groups is 2. The molecule has 3 rings (SSSR count). The molecule has 1 saturated carbocycles. The first kappa shape index (κ1) is 19.9. The Labute approximate surface area is 164 Å². The number of hydrogen-bond donors (Lipinski definition) is 3. The van der Waals surface area contributed by atoms with Crippen molar-refractivity contribution in [3.8, 4) is 0 Å². The van der Waals surface area contributed by atoms with Crippen LogP contribution in [0.15, 0.2) is 18.2 Å². The predicted molar refractivity (Wildman–Crippen MR) is 104 cm³/mol. The summed E-state index contributed by atoms with van der Waals surface area (Å²) in [5.41, 5.74) is 1.73. The summed E-state index contributed by atoms with van der Waals surface area (Å²) in [6, 6.07) is 4.11. The summed E-state index contributed by atoms with van der Waals surface area (Å²) >= 11 is 0. The van der Waals surface area contributed by atoms with Crippen molar-refractivity contribution in [2.24, 2.45) is 5.92 Å². The molecule has 28 heavy (non-hydrogen) atoms. The number of anilines is 1. The number of aryl methyl sites for hydroxylation is 2. The van der Waals surface area contributed by atoms with E-state index in [0.717, 1.165) is 35.3 Å². The summed E-state index contributed by atoms with van der Waals surface area (Å²) in [6.07, 6.45) is 3.30. The fourth-order valence-corrected chi connectivity index (χ4v) is 3.93. The van der Waals surface area contributed by atoms with Gasteiger partial charge in [0.1, 0.15) is 12.1 Å². The maximum Gasteiger partial charge on any atom is 0.325 e. The van der Waals surface area contributed by atoms with E-state index >= 15 is 0 Å². The molecule has 0 bridgehead atoms. The number of carbonyl (C=O) groups is 4. The van der Waals surface area contributed by atoms with E-state index in [4.69, 9.17) is 0 Å². The van der Waals surface area contributed by atoms with Crippen molar-refractivity contribution in [1.29, 1.82) is 0 Å². The Morgan fingerprint density at radius 1 is 1.21 bits per heavy atom. The minimum Gasteiger partial charge on any atom is -0.323 e. The molecule has 1 aliphatic carbocycles. The van der Waals surface area contributed by atoms with Crippen LogP contribution in [-0.4, -0.2) is 40.9 Å². The zero-order valence-corrected chi connectivity index (χ0v) is 16.4. The van der Waals surface area contributed by atoms with E-state index in [1.807, 2.05) is 26.8 Å². The van der Waals surface area contributed by atoms with E-state index < -0.39 is 30.1 Å². The van der Waals surface area contributed by atoms with E-state index in [1.54, 1.807) is 12.1 Å². The zero-order chi connectivity index (χ0) is 20.5. The fourth-order valence-electron chi connectivity index (χ4n) is 3.93. The topological polar surface area (TPSA) is 108 Å². The molecule has 0 unspecified atom stereocenters. The van der Waals surface area contributed by atoms with Crippen molar-refractivity contribution in [1.82, 2.24) is 15.5 Å². The number of amides is 6. The second kappa shape index (κ2) is 7.61. The van der Waals surface area contributed by atoms with Crippen molar-refractivity contribution in [3.05, 3.63) is 29.3 Å². The minimum atomic E-state index is -0.919. The lowest BCUT2D eigenvalue weighted by Crippen LogP contribution is -2.54. The molecule has 1 aromatic carbocycles. The first-order chi connectivity index (χ1) is 13.2. The van der Waals surface area contributed by atoms with Crippen LogP contribution < -0.4 is 16.0 Å². The van der Waals surface area contributed by atoms with Gasteiger partial charge in [0.05, 0.1) is 0 Å². The van der Waals surface area contributed by atoms with Gasteiger partial charge in [0, 0.05) is 5.69 Å². The van der Waals surface area contributed by atoms with Crippen molar-refractivity contribution >= 4 is 29.6 Å². The highest BCUT2D eigenvalue weighted by molar-refractivity contribution is 6.10. The second-order valence-electron chi connectivity index (χ2n) is 7.74. The third-order valence-corrected chi connectivity index (χ3v) is 5.82. The molecule has 8 heteroatoms. The molecule has 8 nitrogen and oxygen atoms in total. The highest BCUT2D eigenvalue weighted by Gasteiger charge is 2.55. The molecule has 2 atom stereocenters. The Morgan fingerprint density at radius 2 is 1.96 bits per heavy atom. The molecule has 1 aliphatic heterocycles. The predicted octanol–water partition coefficient (Wildman–Crippen LogP) is 2.45. The van der Waals surface area contributed by atoms with Gasteiger partial charge in [-0.25, -0.2) is 9.59 Å². The highest BCUT2D eigenvalue weighted by Crippen LogP contribution is 2.38. The lowest BCUT2D eigenvalue weighted by molar-refractivity contribution is -0.137. The molecular weight excluding hydrogens is 360 g/mol. The highest BCUT2D eigenvalue weighted by atomic mass is 16.2. The van der Waals surface area contributed by atoms with Crippen molar-refractivity contribution < 1.29 is 19.2 Å². The van der Waals surface area contributed by atoms with Gasteiger partial charge < -0.3 is 10.6 Å². The maximum atomic E-state index is 12.8. The molecule has 0 radical (unpaired) electrons. The molecule has 3 N–H and O–H groups in total. The van der Waals surface area contributed by atoms with Gasteiger partial charge in [-0.1, -0.05) is 25.8 Å². The van der Waals surface area contributed by atoms with Crippen LogP contribution in [-0.2, 0) is 9.59 Å². The quantitative estimate of drug-likeness (QED) is 0.694. The van der Waals surface area contributed by atoms with Crippen LogP contribution in [0, 0.1) is 19.8 Å². The van der Waals surface area contributed by atoms with E-state index in [0.29, 0.717) is 12.1 Å². The SMILES string of the molecule is Cc1ccc(NC(=O)NC(=O)CN2C(=O)N[C@]3(CCCC[C@@H]3C)C2=O)cc1C. The average Bonchev–Trinajstić information content (AvgIpc) is 2.86. The van der Waals surface area contributed by atoms with Gasteiger partial charge in [-0.05, 0) is 55.9 Å². The Balaban J connectivity index is 1.59. The summed E-state index contributed by atoms with van der Waals surface area (Å²) < 4.78 is 0. The molecule has 2 aliphatic rings. The third kappa shape index (κ3) is 3.72. The summed E-state index contributed by atoms with van der Waals surface area (Å²) in [5, 5.41) is 7.53. The number of rotatable bonds is 3. The van der Waals surface area contributed by atoms with Crippen molar-refractivity contribution in [2.75, 3.05) is 11.9 Å². The Kier molecular flexibility index (Phi) is 5.40. The summed E-state index contributed by atoms with van der Waals surface area (Å²) in [5.74, 6) is -1.08. The lowest BCUT2D eigenvalue weighted by atomic mass is 9.73. The van der Waals surface area contributed by atoms with Crippen LogP contribution >= 0.6 is 0 Å². The molecule has 1 saturated heterocycles. The van der Waals surface area contributed by atoms with Crippen LogP contribution in [0.4, 0.5) is 15.3 Å². The van der Waals surface area contributed by atoms with Crippen molar-refractivity contribution in [2.45, 2.75) is 52.0 Å². The van der Waals surface area contributed by atoms with E-state index in [-0.39, 0.29) is 11.8 Å². The first-order valence-corrected chi connectivity index (χ1v) is 9.55. The van der Waals surface area contributed by atoms with Crippen molar-refractivity contribution in [3.63, 3.8) is 0 Å². The van der Waals surface area contributed by atoms with Crippen LogP contribution in [0.2, 0.25) is 0 Å². The Bertz CT molecular complexity index is 837. The summed E-state index contributed by atoms with van der Waals surface area (Å²) in [4.78, 5) is 50.3. The lowest BCUT2D eigenvalue weighted by Gasteiger charge is -2.36. The largest absolute Gasteiger partial charge is 0.325 e. The monoisotopic (exact) mass is 386 g/mol. The number of hydrogen-bond acceptors (Lipinski definition) is 4. The number of imide groups is 2. The standard InChI is InChI=1S/C20H26N4O4/c1-12-7-8-15(10-13(12)2)21-18(27)22-16(25)11-24-17(26)20(23-19(24)28)9-5-4-6-14(20)3/h7-8,10,14H,4-6,9,11H2,1-3H3,(H,23,28)(H2,21,22,25,27)/t14-,20-/m0/s1. The molecule has 0 aromatic heterocycles. The number of carbonyl (C=O) groups excluding carboxylic acids is 4. The molecule has 150 valence electrons. The summed E-state index contributed by atoms with van der Waals surface area (Å²) in [7, 11) is 0. The number of nitrogens with zero attached hydrogens (tertiary/aromatic N) is 1. The van der Waals surface area contributed by atoms with E-state index in [2.05, 4.69) is 16.0 Å². The van der Waals surface area contributed by atoms with Gasteiger partial charge in [-0.15, -0.1) is 0 Å². The van der Waals surface area contributed by atoms with Gasteiger partial charge in [-0.3, -0.25) is 19.8 Å². The fraction of sp³-hybridized carbons (Fsp3) is 0.500. The molecular formula is C20H26N4O4. The number of nitrogens with one attached hydrogen (secondary N) is 3. The normalized spacial score (nSPS) is 24.2. The Hall–Kier alpha value is -2.90. The molecule has 2 fully saturated rings. The van der Waals surface area contributed by atoms with Gasteiger partial charge in [0.25, 0.3) is 5.91 Å². The van der Waals surface area contributed by atoms with Crippen LogP contribution in [0.1, 0.15) is 43.7 Å². The van der Waals surface area contributed by atoms with Crippen LogP contribution in [0.3, 0.4) is 0 Å². The van der Waals surface area contributed by atoms with Crippen LogP contribution in [0.5, 0.6) is 0 Å². The summed E-state index contributed by atoms with van der Waals surface area (Å²) in [6.45, 7) is 5.33. The third-order valence-electron chi connectivity index (χ3n) is 5.82. The van der Waals surface area contributed by atoms with Gasteiger partial charge >= 0.3 is 12.1 Å². The molecule has 1 heterocycles. The van der Waals surface area contributed by atoms with Gasteiger partial charge in [0.2, 0.25) is 5.91 Å². The minimum absolute atomic E-state index is 0.0128. The second-order valence-corrected chi connectivity index (χ2v) is 7.74. The molecule has 1 spiro atoms. The Morgan fingerprint density at radius 3 is 2.64 bits per heavy atom. The van der Waals surface area contributed by atoms with E-state index in [9.17, 15) is 19.2 Å². The molecule has 6 amide bonds. The van der Waals surface area contributed by atoms with Gasteiger partial charge in [-0.2, -0.15) is 0 Å². The maximum absolute atomic E-state index is 12.8. The molecule has 1 aromatic rings.